The number of piperidine rings is 1. The SMILES string of the molecule is CN(c1ccc(-c2ccc(-c3ccn(C)c3)cc2O)nn1)C1C[C@]2(C)CC[C@](C)(C1)N2. The summed E-state index contributed by atoms with van der Waals surface area (Å²) in [4.78, 5) is 2.28. The molecule has 162 valence electrons. The molecule has 3 aromatic rings. The Hall–Kier alpha value is -2.86. The van der Waals surface area contributed by atoms with Crippen LogP contribution in [0.25, 0.3) is 22.4 Å². The number of anilines is 1. The average Bonchev–Trinajstić information content (AvgIpc) is 3.27. The highest BCUT2D eigenvalue weighted by atomic mass is 16.3. The zero-order valence-electron chi connectivity index (χ0n) is 18.8. The lowest BCUT2D eigenvalue weighted by molar-refractivity contribution is 0.207. The minimum Gasteiger partial charge on any atom is -0.507 e. The number of nitrogens with zero attached hydrogens (tertiary/aromatic N) is 4. The van der Waals surface area contributed by atoms with Gasteiger partial charge in [0.15, 0.2) is 5.82 Å². The zero-order chi connectivity index (χ0) is 21.8. The largest absolute Gasteiger partial charge is 0.507 e. The molecule has 4 heterocycles. The van der Waals surface area contributed by atoms with E-state index in [0.717, 1.165) is 29.8 Å². The number of phenols is 1. The van der Waals surface area contributed by atoms with Crippen LogP contribution in [0.15, 0.2) is 48.8 Å². The lowest BCUT2D eigenvalue weighted by Gasteiger charge is -2.45. The monoisotopic (exact) mass is 417 g/mol. The summed E-state index contributed by atoms with van der Waals surface area (Å²) in [5, 5.41) is 23.4. The van der Waals surface area contributed by atoms with Crippen molar-refractivity contribution >= 4 is 5.82 Å². The molecule has 2 fully saturated rings. The van der Waals surface area contributed by atoms with Crippen LogP contribution < -0.4 is 10.2 Å². The van der Waals surface area contributed by atoms with Crippen LogP contribution in [0.3, 0.4) is 0 Å². The number of aromatic nitrogens is 3. The van der Waals surface area contributed by atoms with Gasteiger partial charge in [-0.15, -0.1) is 10.2 Å². The van der Waals surface area contributed by atoms with Crippen molar-refractivity contribution in [1.82, 2.24) is 20.1 Å². The molecule has 0 spiro atoms. The quantitative estimate of drug-likeness (QED) is 0.661. The van der Waals surface area contributed by atoms with Crippen molar-refractivity contribution in [1.29, 1.82) is 0 Å². The van der Waals surface area contributed by atoms with Gasteiger partial charge in [-0.25, -0.2) is 0 Å². The van der Waals surface area contributed by atoms with E-state index in [0.29, 0.717) is 17.3 Å². The number of aryl methyl sites for hydroxylation is 1. The molecule has 0 radical (unpaired) electrons. The van der Waals surface area contributed by atoms with Crippen LogP contribution in [0.2, 0.25) is 0 Å². The summed E-state index contributed by atoms with van der Waals surface area (Å²) < 4.78 is 2.00. The third kappa shape index (κ3) is 3.69. The summed E-state index contributed by atoms with van der Waals surface area (Å²) in [6.07, 6.45) is 8.73. The third-order valence-electron chi connectivity index (χ3n) is 7.20. The molecule has 1 aromatic carbocycles. The number of nitrogens with one attached hydrogen (secondary N) is 1. The van der Waals surface area contributed by atoms with Crippen LogP contribution in [0, 0.1) is 0 Å². The van der Waals surface area contributed by atoms with Crippen molar-refractivity contribution in [2.45, 2.75) is 56.7 Å². The number of rotatable bonds is 4. The Balaban J connectivity index is 1.35. The zero-order valence-corrected chi connectivity index (χ0v) is 18.8. The second kappa shape index (κ2) is 7.09. The Morgan fingerprint density at radius 3 is 2.35 bits per heavy atom. The Kier molecular flexibility index (Phi) is 4.59. The average molecular weight is 418 g/mol. The minimum absolute atomic E-state index is 0.214. The standard InChI is InChI=1S/C25H31N5O/c1-24-10-11-25(2,28-24)15-19(14-24)30(4)23-8-7-21(26-27-23)20-6-5-17(13-22(20)31)18-9-12-29(3)16-18/h5-9,12-13,16,19,28,31H,10-11,14-15H2,1-4H3/t19?,24-,25+. The Labute approximate surface area is 183 Å². The lowest BCUT2D eigenvalue weighted by atomic mass is 9.84. The normalized spacial score (nSPS) is 27.4. The fourth-order valence-electron chi connectivity index (χ4n) is 5.54. The third-order valence-corrected chi connectivity index (χ3v) is 7.20. The first-order valence-corrected chi connectivity index (χ1v) is 11.1. The van der Waals surface area contributed by atoms with E-state index in [-0.39, 0.29) is 16.8 Å². The molecule has 1 unspecified atom stereocenters. The maximum Gasteiger partial charge on any atom is 0.151 e. The molecule has 31 heavy (non-hydrogen) atoms. The molecular weight excluding hydrogens is 386 g/mol. The molecule has 0 saturated carbocycles. The van der Waals surface area contributed by atoms with Crippen molar-refractivity contribution in [2.24, 2.45) is 7.05 Å². The van der Waals surface area contributed by atoms with Gasteiger partial charge in [0.25, 0.3) is 0 Å². The summed E-state index contributed by atoms with van der Waals surface area (Å²) >= 11 is 0. The number of hydrogen-bond donors (Lipinski definition) is 2. The molecule has 3 atom stereocenters. The number of fused-ring (bicyclic) bond motifs is 2. The summed E-state index contributed by atoms with van der Waals surface area (Å²) in [6, 6.07) is 12.2. The molecule has 2 aromatic heterocycles. The van der Waals surface area contributed by atoms with Crippen LogP contribution in [0.5, 0.6) is 5.75 Å². The smallest absolute Gasteiger partial charge is 0.151 e. The van der Waals surface area contributed by atoms with Gasteiger partial charge in [0, 0.05) is 49.2 Å². The molecule has 2 bridgehead atoms. The van der Waals surface area contributed by atoms with E-state index in [1.807, 2.05) is 54.3 Å². The highest BCUT2D eigenvalue weighted by Gasteiger charge is 2.49. The van der Waals surface area contributed by atoms with Gasteiger partial charge in [-0.2, -0.15) is 0 Å². The summed E-state index contributed by atoms with van der Waals surface area (Å²) in [7, 11) is 4.11. The first-order valence-electron chi connectivity index (χ1n) is 11.1. The molecule has 2 aliphatic rings. The number of aromatic hydroxyl groups is 1. The first-order chi connectivity index (χ1) is 14.7. The van der Waals surface area contributed by atoms with Gasteiger partial charge in [0.1, 0.15) is 5.75 Å². The van der Waals surface area contributed by atoms with Crippen molar-refractivity contribution in [3.63, 3.8) is 0 Å². The Bertz CT molecular complexity index is 1090. The molecule has 2 N–H and O–H groups in total. The lowest BCUT2D eigenvalue weighted by Crippen LogP contribution is -2.58. The van der Waals surface area contributed by atoms with Crippen molar-refractivity contribution in [3.8, 4) is 28.1 Å². The van der Waals surface area contributed by atoms with E-state index in [2.05, 4.69) is 41.3 Å². The molecular formula is C25H31N5O. The molecule has 6 heteroatoms. The Morgan fingerprint density at radius 2 is 1.77 bits per heavy atom. The van der Waals surface area contributed by atoms with Crippen molar-refractivity contribution < 1.29 is 5.11 Å². The van der Waals surface area contributed by atoms with Crippen LogP contribution in [0.1, 0.15) is 39.5 Å². The van der Waals surface area contributed by atoms with E-state index >= 15 is 0 Å². The number of phenolic OH excluding ortho intramolecular Hbond substituents is 1. The van der Waals surface area contributed by atoms with Crippen LogP contribution in [-0.2, 0) is 7.05 Å². The molecule has 0 aliphatic carbocycles. The summed E-state index contributed by atoms with van der Waals surface area (Å²) in [5.41, 5.74) is 3.86. The van der Waals surface area contributed by atoms with E-state index in [9.17, 15) is 5.11 Å². The van der Waals surface area contributed by atoms with E-state index < -0.39 is 0 Å². The van der Waals surface area contributed by atoms with Gasteiger partial charge in [0.2, 0.25) is 0 Å². The highest BCUT2D eigenvalue weighted by molar-refractivity contribution is 5.74. The fraction of sp³-hybridized carbons (Fsp3) is 0.440. The van der Waals surface area contributed by atoms with Gasteiger partial charge >= 0.3 is 0 Å². The number of hydrogen-bond acceptors (Lipinski definition) is 5. The van der Waals surface area contributed by atoms with Gasteiger partial charge in [-0.3, -0.25) is 0 Å². The second-order valence-electron chi connectivity index (χ2n) is 9.99. The first kappa shape index (κ1) is 20.1. The number of benzene rings is 1. The second-order valence-corrected chi connectivity index (χ2v) is 9.99. The Morgan fingerprint density at radius 1 is 1.03 bits per heavy atom. The predicted molar refractivity (Wildman–Crippen MR) is 124 cm³/mol. The molecule has 0 amide bonds. The molecule has 5 rings (SSSR count). The van der Waals surface area contributed by atoms with Crippen LogP contribution in [0.4, 0.5) is 5.82 Å². The highest BCUT2D eigenvalue weighted by Crippen LogP contribution is 2.43. The topological polar surface area (TPSA) is 66.2 Å². The minimum atomic E-state index is 0.214. The van der Waals surface area contributed by atoms with E-state index in [1.165, 1.54) is 12.8 Å². The van der Waals surface area contributed by atoms with Crippen molar-refractivity contribution in [3.05, 3.63) is 48.8 Å². The van der Waals surface area contributed by atoms with E-state index in [4.69, 9.17) is 0 Å². The molecule has 2 saturated heterocycles. The molecule has 6 nitrogen and oxygen atoms in total. The van der Waals surface area contributed by atoms with Crippen molar-refractivity contribution in [2.75, 3.05) is 11.9 Å². The summed E-state index contributed by atoms with van der Waals surface area (Å²) in [6.45, 7) is 4.68. The van der Waals surface area contributed by atoms with E-state index in [1.54, 1.807) is 6.07 Å². The molecule has 2 aliphatic heterocycles. The van der Waals surface area contributed by atoms with Gasteiger partial charge < -0.3 is 19.9 Å². The van der Waals surface area contributed by atoms with Crippen LogP contribution in [-0.4, -0.2) is 44.0 Å². The summed E-state index contributed by atoms with van der Waals surface area (Å²) in [5.74, 6) is 1.09. The van der Waals surface area contributed by atoms with Gasteiger partial charge in [0.05, 0.1) is 5.69 Å². The predicted octanol–water partition coefficient (Wildman–Crippen LogP) is 4.35. The maximum atomic E-state index is 10.6. The van der Waals surface area contributed by atoms with Gasteiger partial charge in [-0.05, 0) is 81.0 Å². The van der Waals surface area contributed by atoms with Crippen LogP contribution >= 0.6 is 0 Å². The fourth-order valence-corrected chi connectivity index (χ4v) is 5.54. The van der Waals surface area contributed by atoms with Gasteiger partial charge in [-0.1, -0.05) is 6.07 Å². The maximum absolute atomic E-state index is 10.6.